The predicted octanol–water partition coefficient (Wildman–Crippen LogP) is 3.06. The number of carbonyl (C=O) groups is 1. The third-order valence-corrected chi connectivity index (χ3v) is 2.88. The molecule has 0 fully saturated rings. The maximum absolute atomic E-state index is 11.0. The Hall–Kier alpha value is -3.13. The van der Waals surface area contributed by atoms with E-state index in [4.69, 9.17) is 14.8 Å². The van der Waals surface area contributed by atoms with Crippen LogP contribution in [0.15, 0.2) is 46.9 Å². The van der Waals surface area contributed by atoms with Crippen molar-refractivity contribution in [3.05, 3.63) is 53.6 Å². The van der Waals surface area contributed by atoms with Crippen molar-refractivity contribution in [2.75, 3.05) is 0 Å². The van der Waals surface area contributed by atoms with Crippen LogP contribution >= 0.6 is 0 Å². The number of nitrogens with zero attached hydrogens (tertiary/aromatic N) is 2. The third-order valence-electron chi connectivity index (χ3n) is 2.88. The lowest BCUT2D eigenvalue weighted by Gasteiger charge is -1.94. The van der Waals surface area contributed by atoms with Crippen LogP contribution in [0.4, 0.5) is 0 Å². The van der Waals surface area contributed by atoms with Gasteiger partial charge in [0.1, 0.15) is 11.6 Å². The number of nitriles is 1. The highest BCUT2D eigenvalue weighted by atomic mass is 16.4. The number of hydrogen-bond donors (Lipinski definition) is 1. The molecule has 0 radical (unpaired) electrons. The first-order valence-corrected chi connectivity index (χ1v) is 5.82. The van der Waals surface area contributed by atoms with Gasteiger partial charge in [-0.2, -0.15) is 5.26 Å². The smallest absolute Gasteiger partial charge is 0.335 e. The summed E-state index contributed by atoms with van der Waals surface area (Å²) in [5.74, 6) is -0.749. The molecule has 5 nitrogen and oxygen atoms in total. The molecule has 5 heteroatoms. The highest BCUT2D eigenvalue weighted by molar-refractivity contribution is 5.94. The summed E-state index contributed by atoms with van der Waals surface area (Å²) in [5.41, 5.74) is 1.62. The first kappa shape index (κ1) is 11.9. The van der Waals surface area contributed by atoms with E-state index in [0.717, 1.165) is 5.56 Å². The Balaban J connectivity index is 2.26. The average molecular weight is 264 g/mol. The molecule has 0 aliphatic heterocycles. The predicted molar refractivity (Wildman–Crippen MR) is 71.1 cm³/mol. The summed E-state index contributed by atoms with van der Waals surface area (Å²) in [6, 6.07) is 13.8. The fourth-order valence-electron chi connectivity index (χ4n) is 1.94. The second-order valence-corrected chi connectivity index (χ2v) is 4.17. The molecule has 1 heterocycles. The van der Waals surface area contributed by atoms with Gasteiger partial charge in [0.25, 0.3) is 0 Å². The van der Waals surface area contributed by atoms with E-state index < -0.39 is 5.97 Å². The number of fused-ring (bicyclic) bond motifs is 1. The Bertz CT molecular complexity index is 845. The van der Waals surface area contributed by atoms with Crippen LogP contribution in [0.3, 0.4) is 0 Å². The Morgan fingerprint density at radius 2 is 2.00 bits per heavy atom. The average Bonchev–Trinajstić information content (AvgIpc) is 2.91. The van der Waals surface area contributed by atoms with Gasteiger partial charge in [0.15, 0.2) is 5.58 Å². The highest BCUT2D eigenvalue weighted by Crippen LogP contribution is 2.27. The van der Waals surface area contributed by atoms with Gasteiger partial charge in [0, 0.05) is 5.56 Å². The quantitative estimate of drug-likeness (QED) is 0.768. The Labute approximate surface area is 113 Å². The summed E-state index contributed by atoms with van der Waals surface area (Å²) in [5, 5.41) is 18.1. The largest absolute Gasteiger partial charge is 0.478 e. The molecule has 96 valence electrons. The van der Waals surface area contributed by atoms with E-state index >= 15 is 0 Å². The van der Waals surface area contributed by atoms with Crippen molar-refractivity contribution in [1.29, 1.82) is 5.26 Å². The summed E-state index contributed by atoms with van der Waals surface area (Å²) in [6.45, 7) is 0. The maximum Gasteiger partial charge on any atom is 0.335 e. The zero-order valence-electron chi connectivity index (χ0n) is 10.2. The molecule has 2 aromatic carbocycles. The normalized spacial score (nSPS) is 10.3. The van der Waals surface area contributed by atoms with E-state index in [-0.39, 0.29) is 11.1 Å². The fourth-order valence-corrected chi connectivity index (χ4v) is 1.94. The van der Waals surface area contributed by atoms with E-state index in [2.05, 4.69) is 4.98 Å². The van der Waals surface area contributed by atoms with Crippen molar-refractivity contribution in [3.8, 4) is 17.5 Å². The number of hydrogen-bond acceptors (Lipinski definition) is 4. The van der Waals surface area contributed by atoms with Gasteiger partial charge < -0.3 is 9.52 Å². The first-order chi connectivity index (χ1) is 9.69. The second-order valence-electron chi connectivity index (χ2n) is 4.17. The molecule has 0 amide bonds. The molecule has 1 aromatic heterocycles. The van der Waals surface area contributed by atoms with Gasteiger partial charge in [-0.15, -0.1) is 0 Å². The summed E-state index contributed by atoms with van der Waals surface area (Å²) >= 11 is 0. The molecule has 3 rings (SSSR count). The molecule has 0 unspecified atom stereocenters. The molecular weight excluding hydrogens is 256 g/mol. The van der Waals surface area contributed by atoms with Gasteiger partial charge >= 0.3 is 5.97 Å². The van der Waals surface area contributed by atoms with Gasteiger partial charge in [-0.1, -0.05) is 18.2 Å². The van der Waals surface area contributed by atoms with Crippen LogP contribution in [0, 0.1) is 11.3 Å². The number of rotatable bonds is 2. The maximum atomic E-state index is 11.0. The Kier molecular flexibility index (Phi) is 2.70. The van der Waals surface area contributed by atoms with Crippen molar-refractivity contribution < 1.29 is 14.3 Å². The van der Waals surface area contributed by atoms with Gasteiger partial charge in [-0.25, -0.2) is 9.78 Å². The molecule has 0 spiro atoms. The molecule has 0 saturated carbocycles. The van der Waals surface area contributed by atoms with Crippen LogP contribution in [0.25, 0.3) is 22.6 Å². The lowest BCUT2D eigenvalue weighted by atomic mass is 10.1. The topological polar surface area (TPSA) is 87.1 Å². The standard InChI is InChI=1S/C15H8N2O3/c16-8-11-6-10(15(18)19)7-12-13(11)17-14(20-12)9-4-2-1-3-5-9/h1-7H,(H,18,19). The zero-order valence-corrected chi connectivity index (χ0v) is 10.2. The van der Waals surface area contributed by atoms with Crippen LogP contribution in [0.5, 0.6) is 0 Å². The van der Waals surface area contributed by atoms with Crippen molar-refractivity contribution in [2.24, 2.45) is 0 Å². The van der Waals surface area contributed by atoms with Crippen molar-refractivity contribution in [2.45, 2.75) is 0 Å². The Morgan fingerprint density at radius 1 is 1.25 bits per heavy atom. The second kappa shape index (κ2) is 4.52. The minimum atomic E-state index is -1.11. The van der Waals surface area contributed by atoms with Crippen LogP contribution < -0.4 is 0 Å². The molecule has 20 heavy (non-hydrogen) atoms. The third kappa shape index (κ3) is 1.89. The first-order valence-electron chi connectivity index (χ1n) is 5.82. The Morgan fingerprint density at radius 3 is 2.65 bits per heavy atom. The fraction of sp³-hybridized carbons (Fsp3) is 0. The number of carboxylic acids is 1. The molecule has 0 saturated heterocycles. The van der Waals surface area contributed by atoms with Crippen LogP contribution in [0.1, 0.15) is 15.9 Å². The minimum Gasteiger partial charge on any atom is -0.478 e. The summed E-state index contributed by atoms with van der Waals surface area (Å²) < 4.78 is 5.56. The van der Waals surface area contributed by atoms with Crippen molar-refractivity contribution in [1.82, 2.24) is 4.98 Å². The highest BCUT2D eigenvalue weighted by Gasteiger charge is 2.15. The monoisotopic (exact) mass is 264 g/mol. The molecular formula is C15H8N2O3. The van der Waals surface area contributed by atoms with Crippen molar-refractivity contribution >= 4 is 17.1 Å². The molecule has 0 aliphatic rings. The van der Waals surface area contributed by atoms with E-state index in [9.17, 15) is 4.79 Å². The SMILES string of the molecule is N#Cc1cc(C(=O)O)cc2oc(-c3ccccc3)nc12. The number of aromatic nitrogens is 1. The number of oxazole rings is 1. The zero-order chi connectivity index (χ0) is 14.1. The lowest BCUT2D eigenvalue weighted by Crippen LogP contribution is -1.96. The molecule has 3 aromatic rings. The molecule has 0 aliphatic carbocycles. The number of aromatic carboxylic acids is 1. The number of carboxylic acid groups (broad SMARTS) is 1. The molecule has 1 N–H and O–H groups in total. The molecule has 0 bridgehead atoms. The summed E-state index contributed by atoms with van der Waals surface area (Å²) in [7, 11) is 0. The molecule has 0 atom stereocenters. The van der Waals surface area contributed by atoms with Crippen LogP contribution in [-0.2, 0) is 0 Å². The van der Waals surface area contributed by atoms with E-state index in [1.165, 1.54) is 12.1 Å². The van der Waals surface area contributed by atoms with Crippen LogP contribution in [0.2, 0.25) is 0 Å². The lowest BCUT2D eigenvalue weighted by molar-refractivity contribution is 0.0697. The minimum absolute atomic E-state index is 0.00446. The van der Waals surface area contributed by atoms with Gasteiger partial charge in [0.05, 0.1) is 11.1 Å². The van der Waals surface area contributed by atoms with Crippen molar-refractivity contribution in [3.63, 3.8) is 0 Å². The summed E-state index contributed by atoms with van der Waals surface area (Å²) in [6.07, 6.45) is 0. The van der Waals surface area contributed by atoms with E-state index in [1.807, 2.05) is 36.4 Å². The summed E-state index contributed by atoms with van der Waals surface area (Å²) in [4.78, 5) is 15.3. The number of benzene rings is 2. The van der Waals surface area contributed by atoms with E-state index in [0.29, 0.717) is 17.0 Å². The van der Waals surface area contributed by atoms with Crippen LogP contribution in [-0.4, -0.2) is 16.1 Å². The van der Waals surface area contributed by atoms with E-state index in [1.54, 1.807) is 0 Å². The van der Waals surface area contributed by atoms with Gasteiger partial charge in [-0.3, -0.25) is 0 Å². The van der Waals surface area contributed by atoms with Gasteiger partial charge in [0.2, 0.25) is 5.89 Å². The van der Waals surface area contributed by atoms with Gasteiger partial charge in [-0.05, 0) is 24.3 Å².